The van der Waals surface area contributed by atoms with E-state index in [0.29, 0.717) is 5.92 Å². The zero-order valence-electron chi connectivity index (χ0n) is 4.33. The monoisotopic (exact) mass is 110 g/mol. The number of ether oxygens (including phenoxy) is 1. The highest BCUT2D eigenvalue weighted by atomic mass is 16.5. The molecule has 2 atom stereocenters. The summed E-state index contributed by atoms with van der Waals surface area (Å²) in [5.41, 5.74) is 0. The molecule has 0 radical (unpaired) electrons. The summed E-state index contributed by atoms with van der Waals surface area (Å²) in [4.78, 5) is 10.4. The Balaban J connectivity index is 2.21. The highest BCUT2D eigenvalue weighted by molar-refractivity contribution is 5.83. The van der Waals surface area contributed by atoms with Crippen LogP contribution in [0.4, 0.5) is 0 Å². The zero-order valence-corrected chi connectivity index (χ0v) is 4.33. The Bertz CT molecular complexity index is 160. The number of carbonyl (C=O) groups excluding carboxylic acids is 1. The molecule has 0 spiro atoms. The summed E-state index contributed by atoms with van der Waals surface area (Å²) in [7, 11) is 0. The van der Waals surface area contributed by atoms with E-state index >= 15 is 0 Å². The molecule has 0 aromatic heterocycles. The molecule has 1 aliphatic heterocycles. The van der Waals surface area contributed by atoms with E-state index in [-0.39, 0.29) is 12.1 Å². The van der Waals surface area contributed by atoms with Crippen LogP contribution in [-0.2, 0) is 9.53 Å². The van der Waals surface area contributed by atoms with Crippen LogP contribution in [0.15, 0.2) is 12.2 Å². The summed E-state index contributed by atoms with van der Waals surface area (Å²) in [5.74, 6) is 0.386. The van der Waals surface area contributed by atoms with Gasteiger partial charge in [-0.1, -0.05) is 6.08 Å². The first-order chi connectivity index (χ1) is 3.86. The number of fused-ring (bicyclic) bond motifs is 1. The van der Waals surface area contributed by atoms with Gasteiger partial charge in [-0.2, -0.15) is 0 Å². The second-order valence-corrected chi connectivity index (χ2v) is 2.23. The number of hydrogen-bond donors (Lipinski definition) is 0. The molecule has 0 saturated heterocycles. The highest BCUT2D eigenvalue weighted by Crippen LogP contribution is 2.37. The maximum absolute atomic E-state index is 10.4. The minimum Gasteiger partial charge on any atom is -0.459 e. The number of esters is 1. The van der Waals surface area contributed by atoms with Crippen molar-refractivity contribution in [2.24, 2.45) is 5.92 Å². The van der Waals surface area contributed by atoms with Crippen molar-refractivity contribution in [2.45, 2.75) is 12.5 Å². The molecule has 1 fully saturated rings. The Morgan fingerprint density at radius 2 is 2.62 bits per heavy atom. The topological polar surface area (TPSA) is 26.3 Å². The average Bonchev–Trinajstić information content (AvgIpc) is 2.43. The Morgan fingerprint density at radius 1 is 1.75 bits per heavy atom. The first kappa shape index (κ1) is 4.13. The Kier molecular flexibility index (Phi) is 0.583. The Hall–Kier alpha value is -0.790. The molecule has 2 aliphatic rings. The van der Waals surface area contributed by atoms with E-state index in [4.69, 9.17) is 4.74 Å². The second kappa shape index (κ2) is 1.13. The van der Waals surface area contributed by atoms with Gasteiger partial charge in [-0.3, -0.25) is 0 Å². The Labute approximate surface area is 47.1 Å². The fourth-order valence-electron chi connectivity index (χ4n) is 0.918. The molecule has 1 aliphatic carbocycles. The quantitative estimate of drug-likeness (QED) is 0.424. The van der Waals surface area contributed by atoms with E-state index in [2.05, 4.69) is 0 Å². The third-order valence-electron chi connectivity index (χ3n) is 1.53. The summed E-state index contributed by atoms with van der Waals surface area (Å²) >= 11 is 0. The lowest BCUT2D eigenvalue weighted by Gasteiger charge is -2.01. The first-order valence-electron chi connectivity index (χ1n) is 2.75. The van der Waals surface area contributed by atoms with Crippen molar-refractivity contribution in [3.63, 3.8) is 0 Å². The van der Waals surface area contributed by atoms with Crippen LogP contribution in [0.1, 0.15) is 6.42 Å². The van der Waals surface area contributed by atoms with Gasteiger partial charge in [0.2, 0.25) is 0 Å². The van der Waals surface area contributed by atoms with Crippen molar-refractivity contribution in [2.75, 3.05) is 0 Å². The van der Waals surface area contributed by atoms with Crippen molar-refractivity contribution < 1.29 is 9.53 Å². The van der Waals surface area contributed by atoms with Crippen LogP contribution < -0.4 is 0 Å². The number of rotatable bonds is 0. The fourth-order valence-corrected chi connectivity index (χ4v) is 0.918. The number of carbonyl (C=O) groups is 1. The molecule has 0 aromatic carbocycles. The van der Waals surface area contributed by atoms with E-state index in [1.807, 2.05) is 6.08 Å². The molecule has 2 nitrogen and oxygen atoms in total. The first-order valence-corrected chi connectivity index (χ1v) is 2.75. The van der Waals surface area contributed by atoms with E-state index < -0.39 is 0 Å². The Morgan fingerprint density at radius 3 is 3.25 bits per heavy atom. The SMILES string of the molecule is O=C1C=CC2CC2O1. The average molecular weight is 110 g/mol. The fraction of sp³-hybridized carbons (Fsp3) is 0.500. The normalized spacial score (nSPS) is 40.8. The van der Waals surface area contributed by atoms with Crippen molar-refractivity contribution in [3.8, 4) is 0 Å². The summed E-state index contributed by atoms with van der Waals surface area (Å²) in [6, 6.07) is 0. The molecule has 42 valence electrons. The van der Waals surface area contributed by atoms with Gasteiger partial charge in [0.25, 0.3) is 0 Å². The molecule has 0 N–H and O–H groups in total. The largest absolute Gasteiger partial charge is 0.459 e. The van der Waals surface area contributed by atoms with E-state index in [9.17, 15) is 4.79 Å². The van der Waals surface area contributed by atoms with Crippen LogP contribution in [0.5, 0.6) is 0 Å². The van der Waals surface area contributed by atoms with Gasteiger partial charge in [-0.05, 0) is 6.42 Å². The minimum absolute atomic E-state index is 0.177. The predicted molar refractivity (Wildman–Crippen MR) is 27.1 cm³/mol. The molecule has 0 amide bonds. The van der Waals surface area contributed by atoms with E-state index in [1.165, 1.54) is 6.08 Å². The van der Waals surface area contributed by atoms with Gasteiger partial charge in [0.1, 0.15) is 6.10 Å². The summed E-state index contributed by atoms with van der Waals surface area (Å²) in [6.45, 7) is 0. The third kappa shape index (κ3) is 0.457. The van der Waals surface area contributed by atoms with E-state index in [1.54, 1.807) is 0 Å². The summed E-state index contributed by atoms with van der Waals surface area (Å²) < 4.78 is 4.83. The van der Waals surface area contributed by atoms with Crippen molar-refractivity contribution in [1.29, 1.82) is 0 Å². The zero-order chi connectivity index (χ0) is 5.56. The van der Waals surface area contributed by atoms with Crippen molar-refractivity contribution in [1.82, 2.24) is 0 Å². The molecule has 0 bridgehead atoms. The molecule has 8 heavy (non-hydrogen) atoms. The summed E-state index contributed by atoms with van der Waals surface area (Å²) in [6.07, 6.45) is 4.72. The highest BCUT2D eigenvalue weighted by Gasteiger charge is 2.40. The lowest BCUT2D eigenvalue weighted by molar-refractivity contribution is -0.139. The van der Waals surface area contributed by atoms with Crippen LogP contribution in [0.25, 0.3) is 0 Å². The van der Waals surface area contributed by atoms with Gasteiger partial charge in [0.05, 0.1) is 0 Å². The molecule has 2 heteroatoms. The third-order valence-corrected chi connectivity index (χ3v) is 1.53. The maximum atomic E-state index is 10.4. The second-order valence-electron chi connectivity index (χ2n) is 2.23. The van der Waals surface area contributed by atoms with Crippen LogP contribution in [0, 0.1) is 5.92 Å². The van der Waals surface area contributed by atoms with Crippen molar-refractivity contribution in [3.05, 3.63) is 12.2 Å². The standard InChI is InChI=1S/C6H6O2/c7-6-2-1-4-3-5(4)8-6/h1-2,4-5H,3H2. The summed E-state index contributed by atoms with van der Waals surface area (Å²) in [5, 5.41) is 0. The molecular formula is C6H6O2. The van der Waals surface area contributed by atoms with E-state index in [0.717, 1.165) is 6.42 Å². The van der Waals surface area contributed by atoms with Crippen molar-refractivity contribution >= 4 is 5.97 Å². The number of hydrogen-bond acceptors (Lipinski definition) is 2. The van der Waals surface area contributed by atoms with Gasteiger partial charge in [0.15, 0.2) is 0 Å². The lowest BCUT2D eigenvalue weighted by Crippen LogP contribution is -2.07. The molecule has 0 aromatic rings. The van der Waals surface area contributed by atoms with Gasteiger partial charge in [-0.15, -0.1) is 0 Å². The van der Waals surface area contributed by atoms with Gasteiger partial charge >= 0.3 is 5.97 Å². The maximum Gasteiger partial charge on any atom is 0.330 e. The van der Waals surface area contributed by atoms with Gasteiger partial charge < -0.3 is 4.74 Å². The smallest absolute Gasteiger partial charge is 0.330 e. The van der Waals surface area contributed by atoms with Crippen LogP contribution >= 0.6 is 0 Å². The molecule has 1 saturated carbocycles. The van der Waals surface area contributed by atoms with Crippen LogP contribution in [0.3, 0.4) is 0 Å². The lowest BCUT2D eigenvalue weighted by atomic mass is 10.3. The minimum atomic E-state index is -0.177. The van der Waals surface area contributed by atoms with Gasteiger partial charge in [-0.25, -0.2) is 4.79 Å². The predicted octanol–water partition coefficient (Wildman–Crippen LogP) is 0.488. The molecule has 1 heterocycles. The molecular weight excluding hydrogens is 104 g/mol. The van der Waals surface area contributed by atoms with Gasteiger partial charge in [0, 0.05) is 12.0 Å². The molecule has 2 unspecified atom stereocenters. The molecule has 2 rings (SSSR count). The van der Waals surface area contributed by atoms with Crippen LogP contribution in [-0.4, -0.2) is 12.1 Å². The van der Waals surface area contributed by atoms with Crippen LogP contribution in [0.2, 0.25) is 0 Å².